The fourth-order valence-electron chi connectivity index (χ4n) is 1.78. The molecule has 1 aromatic heterocycles. The van der Waals surface area contributed by atoms with Crippen LogP contribution in [-0.2, 0) is 11.3 Å². The lowest BCUT2D eigenvalue weighted by Crippen LogP contribution is -2.24. The van der Waals surface area contributed by atoms with Crippen LogP contribution in [0.3, 0.4) is 0 Å². The van der Waals surface area contributed by atoms with Crippen molar-refractivity contribution in [1.82, 2.24) is 10.3 Å². The largest absolute Gasteiger partial charge is 0.493 e. The summed E-state index contributed by atoms with van der Waals surface area (Å²) in [4.78, 5) is 15.8. The molecule has 0 aliphatic heterocycles. The van der Waals surface area contributed by atoms with Crippen molar-refractivity contribution in [1.29, 1.82) is 0 Å². The molecule has 5 heteroatoms. The summed E-state index contributed by atoms with van der Waals surface area (Å²) in [6.45, 7) is 4.35. The van der Waals surface area contributed by atoms with Crippen LogP contribution in [0, 0.1) is 13.8 Å². The summed E-state index contributed by atoms with van der Waals surface area (Å²) in [5.74, 6) is 2.00. The van der Waals surface area contributed by atoms with Gasteiger partial charge in [0.2, 0.25) is 5.91 Å². The molecule has 2 aromatic rings. The predicted molar refractivity (Wildman–Crippen MR) is 74.4 cm³/mol. The third-order valence-electron chi connectivity index (χ3n) is 2.79. The lowest BCUT2D eigenvalue weighted by atomic mass is 10.3. The molecule has 0 bridgehead atoms. The van der Waals surface area contributed by atoms with Crippen LogP contribution < -0.4 is 10.1 Å². The number of oxazole rings is 1. The summed E-state index contributed by atoms with van der Waals surface area (Å²) in [5.41, 5.74) is 0.809. The number of ether oxygens (including phenoxy) is 1. The Bertz CT molecular complexity index is 564. The zero-order chi connectivity index (χ0) is 14.4. The number of aryl methyl sites for hydroxylation is 2. The minimum Gasteiger partial charge on any atom is -0.493 e. The van der Waals surface area contributed by atoms with Gasteiger partial charge in [0.25, 0.3) is 0 Å². The molecule has 0 aliphatic carbocycles. The highest BCUT2D eigenvalue weighted by Gasteiger charge is 2.08. The molecule has 1 N–H and O–H groups in total. The fourth-order valence-corrected chi connectivity index (χ4v) is 1.78. The normalized spacial score (nSPS) is 10.3. The van der Waals surface area contributed by atoms with E-state index >= 15 is 0 Å². The summed E-state index contributed by atoms with van der Waals surface area (Å²) in [7, 11) is 0. The van der Waals surface area contributed by atoms with Crippen LogP contribution >= 0.6 is 0 Å². The molecular formula is C15H18N2O3. The van der Waals surface area contributed by atoms with Gasteiger partial charge < -0.3 is 14.5 Å². The molecule has 1 heterocycles. The number of hydrogen-bond acceptors (Lipinski definition) is 4. The third-order valence-corrected chi connectivity index (χ3v) is 2.79. The summed E-state index contributed by atoms with van der Waals surface area (Å²) in [5, 5.41) is 2.79. The Balaban J connectivity index is 1.69. The minimum absolute atomic E-state index is 0.0746. The van der Waals surface area contributed by atoms with Crippen molar-refractivity contribution >= 4 is 5.91 Å². The molecule has 1 amide bonds. The average molecular weight is 274 g/mol. The van der Waals surface area contributed by atoms with Gasteiger partial charge in [-0.2, -0.15) is 0 Å². The first kappa shape index (κ1) is 14.1. The van der Waals surface area contributed by atoms with Crippen molar-refractivity contribution in [2.24, 2.45) is 0 Å². The Labute approximate surface area is 118 Å². The van der Waals surface area contributed by atoms with E-state index in [-0.39, 0.29) is 5.91 Å². The van der Waals surface area contributed by atoms with Crippen molar-refractivity contribution in [3.8, 4) is 5.75 Å². The predicted octanol–water partition coefficient (Wildman–Crippen LogP) is 2.38. The van der Waals surface area contributed by atoms with E-state index in [1.807, 2.05) is 37.3 Å². The molecule has 0 aliphatic rings. The number of nitrogens with zero attached hydrogens (tertiary/aromatic N) is 1. The molecule has 5 nitrogen and oxygen atoms in total. The van der Waals surface area contributed by atoms with Gasteiger partial charge in [0.05, 0.1) is 25.3 Å². The summed E-state index contributed by atoms with van der Waals surface area (Å²) < 4.78 is 10.8. The van der Waals surface area contributed by atoms with E-state index in [0.717, 1.165) is 11.4 Å². The number of amides is 1. The molecule has 20 heavy (non-hydrogen) atoms. The Morgan fingerprint density at radius 3 is 2.70 bits per heavy atom. The molecule has 0 fully saturated rings. The van der Waals surface area contributed by atoms with Crippen molar-refractivity contribution in [2.75, 3.05) is 6.61 Å². The van der Waals surface area contributed by atoms with E-state index in [4.69, 9.17) is 9.15 Å². The summed E-state index contributed by atoms with van der Waals surface area (Å²) >= 11 is 0. The second-order valence-electron chi connectivity index (χ2n) is 4.43. The highest BCUT2D eigenvalue weighted by molar-refractivity contribution is 5.75. The maximum absolute atomic E-state index is 11.7. The number of carbonyl (C=O) groups excluding carboxylic acids is 1. The Kier molecular flexibility index (Phi) is 4.76. The minimum atomic E-state index is -0.0746. The van der Waals surface area contributed by atoms with Crippen LogP contribution in [0.5, 0.6) is 5.75 Å². The van der Waals surface area contributed by atoms with E-state index in [1.54, 1.807) is 6.92 Å². The monoisotopic (exact) mass is 274 g/mol. The SMILES string of the molecule is Cc1nc(C)c(CNC(=O)CCOc2ccccc2)o1. The molecule has 0 saturated carbocycles. The van der Waals surface area contributed by atoms with Gasteiger partial charge >= 0.3 is 0 Å². The van der Waals surface area contributed by atoms with Crippen LogP contribution in [0.1, 0.15) is 23.8 Å². The molecule has 0 atom stereocenters. The number of benzene rings is 1. The molecular weight excluding hydrogens is 256 g/mol. The molecule has 2 rings (SSSR count). The third kappa shape index (κ3) is 4.12. The van der Waals surface area contributed by atoms with E-state index in [0.29, 0.717) is 31.2 Å². The number of rotatable bonds is 6. The van der Waals surface area contributed by atoms with Crippen LogP contribution in [0.25, 0.3) is 0 Å². The van der Waals surface area contributed by atoms with Crippen LogP contribution in [0.15, 0.2) is 34.7 Å². The smallest absolute Gasteiger partial charge is 0.223 e. The first-order chi connectivity index (χ1) is 9.65. The summed E-state index contributed by atoms with van der Waals surface area (Å²) in [6, 6.07) is 9.42. The van der Waals surface area contributed by atoms with Gasteiger partial charge in [-0.25, -0.2) is 4.98 Å². The Morgan fingerprint density at radius 2 is 2.05 bits per heavy atom. The van der Waals surface area contributed by atoms with Crippen molar-refractivity contribution < 1.29 is 13.9 Å². The lowest BCUT2D eigenvalue weighted by molar-refractivity contribution is -0.121. The molecule has 0 spiro atoms. The molecule has 0 radical (unpaired) electrons. The van der Waals surface area contributed by atoms with Gasteiger partial charge in [0.15, 0.2) is 5.89 Å². The maximum atomic E-state index is 11.7. The Morgan fingerprint density at radius 1 is 1.30 bits per heavy atom. The van der Waals surface area contributed by atoms with E-state index in [1.165, 1.54) is 0 Å². The summed E-state index contributed by atoms with van der Waals surface area (Å²) in [6.07, 6.45) is 0.307. The Hall–Kier alpha value is -2.30. The standard InChI is InChI=1S/C15H18N2O3/c1-11-14(20-12(2)17-11)10-16-15(18)8-9-19-13-6-4-3-5-7-13/h3-7H,8-10H2,1-2H3,(H,16,18). The second kappa shape index (κ2) is 6.75. The van der Waals surface area contributed by atoms with E-state index < -0.39 is 0 Å². The fraction of sp³-hybridized carbons (Fsp3) is 0.333. The number of aromatic nitrogens is 1. The van der Waals surface area contributed by atoms with Crippen molar-refractivity contribution in [3.05, 3.63) is 47.7 Å². The van der Waals surface area contributed by atoms with Gasteiger partial charge in [0.1, 0.15) is 11.5 Å². The van der Waals surface area contributed by atoms with Gasteiger partial charge in [-0.1, -0.05) is 18.2 Å². The van der Waals surface area contributed by atoms with Gasteiger partial charge in [-0.15, -0.1) is 0 Å². The molecule has 0 unspecified atom stereocenters. The highest BCUT2D eigenvalue weighted by Crippen LogP contribution is 2.09. The quantitative estimate of drug-likeness (QED) is 0.878. The molecule has 106 valence electrons. The second-order valence-corrected chi connectivity index (χ2v) is 4.43. The zero-order valence-corrected chi connectivity index (χ0v) is 11.7. The van der Waals surface area contributed by atoms with E-state index in [9.17, 15) is 4.79 Å². The van der Waals surface area contributed by atoms with Gasteiger partial charge in [0, 0.05) is 6.92 Å². The van der Waals surface area contributed by atoms with Crippen molar-refractivity contribution in [3.63, 3.8) is 0 Å². The number of para-hydroxylation sites is 1. The van der Waals surface area contributed by atoms with Crippen LogP contribution in [-0.4, -0.2) is 17.5 Å². The van der Waals surface area contributed by atoms with Crippen LogP contribution in [0.4, 0.5) is 0 Å². The average Bonchev–Trinajstić information content (AvgIpc) is 2.76. The molecule has 0 saturated heterocycles. The van der Waals surface area contributed by atoms with Crippen LogP contribution in [0.2, 0.25) is 0 Å². The number of carbonyl (C=O) groups is 1. The first-order valence-electron chi connectivity index (χ1n) is 6.52. The maximum Gasteiger partial charge on any atom is 0.223 e. The highest BCUT2D eigenvalue weighted by atomic mass is 16.5. The van der Waals surface area contributed by atoms with Crippen molar-refractivity contribution in [2.45, 2.75) is 26.8 Å². The lowest BCUT2D eigenvalue weighted by Gasteiger charge is -2.06. The molecule has 1 aromatic carbocycles. The van der Waals surface area contributed by atoms with Gasteiger partial charge in [-0.05, 0) is 19.1 Å². The number of nitrogens with one attached hydrogen (secondary N) is 1. The topological polar surface area (TPSA) is 64.4 Å². The first-order valence-corrected chi connectivity index (χ1v) is 6.52. The van der Waals surface area contributed by atoms with Gasteiger partial charge in [-0.3, -0.25) is 4.79 Å². The van der Waals surface area contributed by atoms with E-state index in [2.05, 4.69) is 10.3 Å². The zero-order valence-electron chi connectivity index (χ0n) is 11.7. The number of hydrogen-bond donors (Lipinski definition) is 1.